The van der Waals surface area contributed by atoms with E-state index in [4.69, 9.17) is 4.74 Å². The van der Waals surface area contributed by atoms with Crippen molar-refractivity contribution in [3.63, 3.8) is 0 Å². The number of carbonyl (C=O) groups excluding carboxylic acids is 1. The first-order valence-electron chi connectivity index (χ1n) is 11.7. The maximum atomic E-state index is 10.6. The van der Waals surface area contributed by atoms with Gasteiger partial charge in [0.25, 0.3) is 6.47 Å². The Morgan fingerprint density at radius 1 is 0.724 bits per heavy atom. The standard InChI is InChI=1S/C27H46O2/c1-21-22(2)24(15-11-9-13-17-26(4,5)6)19-25(23(21)3)16-12-10-14-18-27(7,8)29-20-28/h19-20H,9-18H2,1-8H3. The highest BCUT2D eigenvalue weighted by molar-refractivity contribution is 5.44. The minimum Gasteiger partial charge on any atom is -0.462 e. The summed E-state index contributed by atoms with van der Waals surface area (Å²) in [5, 5.41) is 0. The zero-order valence-corrected chi connectivity index (χ0v) is 20.5. The molecule has 0 aliphatic rings. The Morgan fingerprint density at radius 2 is 1.21 bits per heavy atom. The summed E-state index contributed by atoms with van der Waals surface area (Å²) in [6.07, 6.45) is 12.1. The Kier molecular flexibility index (Phi) is 10.4. The van der Waals surface area contributed by atoms with Crippen LogP contribution in [0.15, 0.2) is 6.07 Å². The van der Waals surface area contributed by atoms with E-state index in [9.17, 15) is 4.79 Å². The van der Waals surface area contributed by atoms with Gasteiger partial charge in [-0.1, -0.05) is 46.1 Å². The van der Waals surface area contributed by atoms with E-state index in [1.165, 1.54) is 67.2 Å². The maximum Gasteiger partial charge on any atom is 0.293 e. The molecule has 166 valence electrons. The summed E-state index contributed by atoms with van der Waals surface area (Å²) in [6.45, 7) is 18.4. The first kappa shape index (κ1) is 25.7. The number of carbonyl (C=O) groups is 1. The van der Waals surface area contributed by atoms with Crippen LogP contribution < -0.4 is 0 Å². The second kappa shape index (κ2) is 11.8. The molecule has 0 spiro atoms. The summed E-state index contributed by atoms with van der Waals surface area (Å²) in [5.41, 5.74) is 7.66. The molecule has 29 heavy (non-hydrogen) atoms. The van der Waals surface area contributed by atoms with Gasteiger partial charge in [-0.25, -0.2) is 0 Å². The second-order valence-electron chi connectivity index (χ2n) is 10.7. The normalized spacial score (nSPS) is 12.3. The third-order valence-electron chi connectivity index (χ3n) is 6.40. The number of hydrogen-bond donors (Lipinski definition) is 0. The van der Waals surface area contributed by atoms with Crippen LogP contribution in [0.25, 0.3) is 0 Å². The molecule has 0 bridgehead atoms. The number of unbranched alkanes of at least 4 members (excludes halogenated alkanes) is 4. The van der Waals surface area contributed by atoms with Crippen molar-refractivity contribution >= 4 is 6.47 Å². The van der Waals surface area contributed by atoms with Gasteiger partial charge in [-0.2, -0.15) is 0 Å². The zero-order chi connectivity index (χ0) is 22.1. The van der Waals surface area contributed by atoms with Crippen molar-refractivity contribution in [3.05, 3.63) is 33.9 Å². The second-order valence-corrected chi connectivity index (χ2v) is 10.7. The van der Waals surface area contributed by atoms with Gasteiger partial charge in [0.1, 0.15) is 5.60 Å². The lowest BCUT2D eigenvalue weighted by atomic mass is 9.87. The smallest absolute Gasteiger partial charge is 0.293 e. The van der Waals surface area contributed by atoms with Gasteiger partial charge in [-0.3, -0.25) is 4.79 Å². The van der Waals surface area contributed by atoms with E-state index in [0.29, 0.717) is 11.9 Å². The van der Waals surface area contributed by atoms with Crippen LogP contribution in [-0.2, 0) is 22.4 Å². The SMILES string of the molecule is Cc1c(CCCCCC(C)(C)C)cc(CCCCCC(C)(C)OC=O)c(C)c1C. The van der Waals surface area contributed by atoms with Crippen LogP contribution >= 0.6 is 0 Å². The van der Waals surface area contributed by atoms with Crippen molar-refractivity contribution in [3.8, 4) is 0 Å². The van der Waals surface area contributed by atoms with Crippen molar-refractivity contribution in [2.24, 2.45) is 5.41 Å². The highest BCUT2D eigenvalue weighted by Crippen LogP contribution is 2.27. The monoisotopic (exact) mass is 402 g/mol. The largest absolute Gasteiger partial charge is 0.462 e. The predicted octanol–water partition coefficient (Wildman–Crippen LogP) is 7.82. The number of benzene rings is 1. The summed E-state index contributed by atoms with van der Waals surface area (Å²) in [7, 11) is 0. The fourth-order valence-electron chi connectivity index (χ4n) is 4.09. The first-order chi connectivity index (χ1) is 13.5. The molecule has 2 heteroatoms. The number of ether oxygens (including phenoxy) is 1. The van der Waals surface area contributed by atoms with Gasteiger partial charge in [0.05, 0.1) is 0 Å². The van der Waals surface area contributed by atoms with Gasteiger partial charge < -0.3 is 4.74 Å². The molecule has 1 aromatic carbocycles. The molecule has 0 radical (unpaired) electrons. The van der Waals surface area contributed by atoms with Crippen molar-refractivity contribution in [1.29, 1.82) is 0 Å². The van der Waals surface area contributed by atoms with Crippen LogP contribution in [0.4, 0.5) is 0 Å². The van der Waals surface area contributed by atoms with Crippen LogP contribution in [0.5, 0.6) is 0 Å². The highest BCUT2D eigenvalue weighted by atomic mass is 16.5. The average Bonchev–Trinajstić information content (AvgIpc) is 2.61. The molecule has 1 rings (SSSR count). The Labute approximate surface area is 180 Å². The molecule has 0 aliphatic heterocycles. The number of hydrogen-bond acceptors (Lipinski definition) is 2. The predicted molar refractivity (Wildman–Crippen MR) is 126 cm³/mol. The minimum atomic E-state index is -0.335. The summed E-state index contributed by atoms with van der Waals surface area (Å²) in [6, 6.07) is 2.49. The molecule has 0 saturated heterocycles. The third-order valence-corrected chi connectivity index (χ3v) is 6.40. The van der Waals surface area contributed by atoms with Crippen LogP contribution in [0.1, 0.15) is 114 Å². The maximum absolute atomic E-state index is 10.6. The summed E-state index contributed by atoms with van der Waals surface area (Å²) in [4.78, 5) is 10.6. The lowest BCUT2D eigenvalue weighted by Gasteiger charge is -2.22. The average molecular weight is 403 g/mol. The number of aryl methyl sites for hydroxylation is 2. The van der Waals surface area contributed by atoms with E-state index >= 15 is 0 Å². The molecule has 0 aromatic heterocycles. The quantitative estimate of drug-likeness (QED) is 0.248. The lowest BCUT2D eigenvalue weighted by Crippen LogP contribution is -2.23. The molecule has 0 fully saturated rings. The fraction of sp³-hybridized carbons (Fsp3) is 0.741. The van der Waals surface area contributed by atoms with Gasteiger partial charge >= 0.3 is 0 Å². The Bertz CT molecular complexity index is 635. The molecule has 0 saturated carbocycles. The molecule has 0 N–H and O–H groups in total. The Hall–Kier alpha value is -1.31. The van der Waals surface area contributed by atoms with Crippen molar-refractivity contribution in [1.82, 2.24) is 0 Å². The van der Waals surface area contributed by atoms with E-state index < -0.39 is 0 Å². The van der Waals surface area contributed by atoms with E-state index in [1.807, 2.05) is 13.8 Å². The molecular weight excluding hydrogens is 356 g/mol. The lowest BCUT2D eigenvalue weighted by molar-refractivity contribution is -0.140. The summed E-state index contributed by atoms with van der Waals surface area (Å²) >= 11 is 0. The van der Waals surface area contributed by atoms with Crippen LogP contribution in [0, 0.1) is 26.2 Å². The van der Waals surface area contributed by atoms with Crippen molar-refractivity contribution in [2.75, 3.05) is 0 Å². The molecule has 0 aliphatic carbocycles. The van der Waals surface area contributed by atoms with Gasteiger partial charge in [-0.15, -0.1) is 0 Å². The Morgan fingerprint density at radius 3 is 1.66 bits per heavy atom. The Balaban J connectivity index is 2.55. The van der Waals surface area contributed by atoms with Gasteiger partial charge in [0, 0.05) is 0 Å². The van der Waals surface area contributed by atoms with Gasteiger partial charge in [0.15, 0.2) is 0 Å². The molecule has 1 aromatic rings. The topological polar surface area (TPSA) is 26.3 Å². The van der Waals surface area contributed by atoms with Crippen molar-refractivity contribution in [2.45, 2.75) is 125 Å². The van der Waals surface area contributed by atoms with Gasteiger partial charge in [-0.05, 0) is 113 Å². The third kappa shape index (κ3) is 9.83. The van der Waals surface area contributed by atoms with Crippen LogP contribution in [0.2, 0.25) is 0 Å². The molecular formula is C27H46O2. The van der Waals surface area contributed by atoms with Crippen LogP contribution in [0.3, 0.4) is 0 Å². The van der Waals surface area contributed by atoms with Crippen LogP contribution in [-0.4, -0.2) is 12.1 Å². The molecule has 0 amide bonds. The first-order valence-corrected chi connectivity index (χ1v) is 11.7. The van der Waals surface area contributed by atoms with E-state index in [0.717, 1.165) is 19.3 Å². The molecule has 0 unspecified atom stereocenters. The van der Waals surface area contributed by atoms with Crippen molar-refractivity contribution < 1.29 is 9.53 Å². The van der Waals surface area contributed by atoms with E-state index in [2.05, 4.69) is 47.6 Å². The molecule has 0 atom stereocenters. The van der Waals surface area contributed by atoms with Gasteiger partial charge in [0.2, 0.25) is 0 Å². The highest BCUT2D eigenvalue weighted by Gasteiger charge is 2.17. The summed E-state index contributed by atoms with van der Waals surface area (Å²) in [5.74, 6) is 0. The van der Waals surface area contributed by atoms with E-state index in [-0.39, 0.29) is 5.60 Å². The fourth-order valence-corrected chi connectivity index (χ4v) is 4.09. The minimum absolute atomic E-state index is 0.335. The molecule has 2 nitrogen and oxygen atoms in total. The zero-order valence-electron chi connectivity index (χ0n) is 20.5. The molecule has 0 heterocycles. The summed E-state index contributed by atoms with van der Waals surface area (Å²) < 4.78 is 5.15. The number of rotatable bonds is 13. The van der Waals surface area contributed by atoms with E-state index in [1.54, 1.807) is 5.56 Å².